The highest BCUT2D eigenvalue weighted by Crippen LogP contribution is 2.33. The van der Waals surface area contributed by atoms with Crippen LogP contribution in [0.5, 0.6) is 11.6 Å². The number of carbonyl (C=O) groups is 1. The fourth-order valence-electron chi connectivity index (χ4n) is 4.31. The standard InChI is InChI=1S/C29H27ClN4O2/c1-20-10-6-9-15-26(20)36-27-23-19-34(28(35)22-13-7-8-14-24(22)30)17-16-25(23)31-29(32-27)33(2)18-21-11-4-3-5-12-21/h3-15H,16-19H2,1-2H3. The maximum atomic E-state index is 13.3. The zero-order chi connectivity index (χ0) is 25.1. The summed E-state index contributed by atoms with van der Waals surface area (Å²) in [6, 6.07) is 25.2. The average molecular weight is 499 g/mol. The van der Waals surface area contributed by atoms with Crippen molar-refractivity contribution in [3.63, 3.8) is 0 Å². The summed E-state index contributed by atoms with van der Waals surface area (Å²) in [6.45, 7) is 3.56. The van der Waals surface area contributed by atoms with Gasteiger partial charge in [-0.2, -0.15) is 4.98 Å². The van der Waals surface area contributed by atoms with E-state index in [1.165, 1.54) is 5.56 Å². The summed E-state index contributed by atoms with van der Waals surface area (Å²) in [7, 11) is 1.97. The Kier molecular flexibility index (Phi) is 6.87. The molecule has 182 valence electrons. The summed E-state index contributed by atoms with van der Waals surface area (Å²) < 4.78 is 6.36. The van der Waals surface area contributed by atoms with E-state index in [1.807, 2.05) is 73.5 Å². The first-order valence-electron chi connectivity index (χ1n) is 11.9. The van der Waals surface area contributed by atoms with Gasteiger partial charge in [-0.3, -0.25) is 4.79 Å². The minimum absolute atomic E-state index is 0.113. The van der Waals surface area contributed by atoms with Gasteiger partial charge in [-0.25, -0.2) is 4.98 Å². The topological polar surface area (TPSA) is 58.6 Å². The van der Waals surface area contributed by atoms with Crippen LogP contribution in [0.3, 0.4) is 0 Å². The van der Waals surface area contributed by atoms with Crippen molar-refractivity contribution >= 4 is 23.5 Å². The van der Waals surface area contributed by atoms with Crippen LogP contribution in [0.25, 0.3) is 0 Å². The third-order valence-corrected chi connectivity index (χ3v) is 6.64. The van der Waals surface area contributed by atoms with Gasteiger partial charge in [0.15, 0.2) is 0 Å². The van der Waals surface area contributed by atoms with Gasteiger partial charge < -0.3 is 14.5 Å². The van der Waals surface area contributed by atoms with Crippen LogP contribution in [0.1, 0.15) is 32.7 Å². The second-order valence-electron chi connectivity index (χ2n) is 8.92. The van der Waals surface area contributed by atoms with Crippen molar-refractivity contribution in [2.45, 2.75) is 26.4 Å². The number of ether oxygens (including phenoxy) is 1. The van der Waals surface area contributed by atoms with Gasteiger partial charge in [0.25, 0.3) is 5.91 Å². The molecule has 1 amide bonds. The van der Waals surface area contributed by atoms with Crippen LogP contribution in [0.2, 0.25) is 5.02 Å². The number of rotatable bonds is 6. The minimum Gasteiger partial charge on any atom is -0.438 e. The highest BCUT2D eigenvalue weighted by atomic mass is 35.5. The molecule has 7 heteroatoms. The molecule has 1 aliphatic heterocycles. The molecule has 0 spiro atoms. The van der Waals surface area contributed by atoms with E-state index in [9.17, 15) is 4.79 Å². The third kappa shape index (κ3) is 5.04. The average Bonchev–Trinajstić information content (AvgIpc) is 2.90. The summed E-state index contributed by atoms with van der Waals surface area (Å²) in [5.41, 5.74) is 4.38. The lowest BCUT2D eigenvalue weighted by molar-refractivity contribution is 0.0732. The summed E-state index contributed by atoms with van der Waals surface area (Å²) in [5, 5.41) is 0.443. The molecule has 0 saturated heterocycles. The van der Waals surface area contributed by atoms with Gasteiger partial charge in [0.05, 0.1) is 28.4 Å². The molecule has 0 unspecified atom stereocenters. The van der Waals surface area contributed by atoms with E-state index in [0.717, 1.165) is 22.6 Å². The van der Waals surface area contributed by atoms with Gasteiger partial charge >= 0.3 is 0 Å². The van der Waals surface area contributed by atoms with Gasteiger partial charge in [0.1, 0.15) is 5.75 Å². The molecule has 5 rings (SSSR count). The maximum absolute atomic E-state index is 13.3. The molecule has 0 radical (unpaired) electrons. The van der Waals surface area contributed by atoms with Gasteiger partial charge in [-0.1, -0.05) is 72.3 Å². The van der Waals surface area contributed by atoms with Crippen LogP contribution in [-0.2, 0) is 19.5 Å². The lowest BCUT2D eigenvalue weighted by atomic mass is 10.0. The molecule has 0 bridgehead atoms. The summed E-state index contributed by atoms with van der Waals surface area (Å²) in [4.78, 5) is 26.8. The predicted octanol–water partition coefficient (Wildman–Crippen LogP) is 6.07. The molecule has 1 aromatic heterocycles. The molecule has 0 atom stereocenters. The maximum Gasteiger partial charge on any atom is 0.255 e. The summed E-state index contributed by atoms with van der Waals surface area (Å²) in [6.07, 6.45) is 0.602. The molecule has 36 heavy (non-hydrogen) atoms. The molecule has 4 aromatic rings. The fraction of sp³-hybridized carbons (Fsp3) is 0.207. The van der Waals surface area contributed by atoms with Crippen molar-refractivity contribution in [3.05, 3.63) is 112 Å². The molecule has 6 nitrogen and oxygen atoms in total. The Morgan fingerprint density at radius 3 is 2.50 bits per heavy atom. The Bertz CT molecular complexity index is 1390. The van der Waals surface area contributed by atoms with Crippen LogP contribution in [0.15, 0.2) is 78.9 Å². The third-order valence-electron chi connectivity index (χ3n) is 6.31. The number of aromatic nitrogens is 2. The molecular formula is C29H27ClN4O2. The van der Waals surface area contributed by atoms with E-state index in [-0.39, 0.29) is 5.91 Å². The van der Waals surface area contributed by atoms with Crippen molar-refractivity contribution in [1.29, 1.82) is 0 Å². The Balaban J connectivity index is 1.49. The van der Waals surface area contributed by atoms with Crippen LogP contribution < -0.4 is 9.64 Å². The van der Waals surface area contributed by atoms with Gasteiger partial charge in [0, 0.05) is 26.6 Å². The van der Waals surface area contributed by atoms with Crippen molar-refractivity contribution in [2.24, 2.45) is 0 Å². The quantitative estimate of drug-likeness (QED) is 0.323. The number of hydrogen-bond acceptors (Lipinski definition) is 5. The lowest BCUT2D eigenvalue weighted by Gasteiger charge is -2.30. The summed E-state index contributed by atoms with van der Waals surface area (Å²) >= 11 is 6.31. The highest BCUT2D eigenvalue weighted by Gasteiger charge is 2.29. The van der Waals surface area contributed by atoms with Gasteiger partial charge in [0.2, 0.25) is 11.8 Å². The second-order valence-corrected chi connectivity index (χ2v) is 9.33. The Hall–Kier alpha value is -3.90. The zero-order valence-corrected chi connectivity index (χ0v) is 21.1. The van der Waals surface area contributed by atoms with Crippen LogP contribution >= 0.6 is 11.6 Å². The monoisotopic (exact) mass is 498 g/mol. The van der Waals surface area contributed by atoms with E-state index in [0.29, 0.717) is 48.5 Å². The molecule has 0 N–H and O–H groups in total. The highest BCUT2D eigenvalue weighted by molar-refractivity contribution is 6.33. The van der Waals surface area contributed by atoms with Gasteiger partial charge in [-0.05, 0) is 36.2 Å². The first kappa shape index (κ1) is 23.8. The smallest absolute Gasteiger partial charge is 0.255 e. The Morgan fingerprint density at radius 1 is 1.00 bits per heavy atom. The number of amides is 1. The predicted molar refractivity (Wildman–Crippen MR) is 142 cm³/mol. The van der Waals surface area contributed by atoms with E-state index in [1.54, 1.807) is 17.0 Å². The number of halogens is 1. The number of nitrogens with zero attached hydrogens (tertiary/aromatic N) is 4. The van der Waals surface area contributed by atoms with Crippen molar-refractivity contribution in [1.82, 2.24) is 14.9 Å². The largest absolute Gasteiger partial charge is 0.438 e. The number of para-hydroxylation sites is 1. The number of aryl methyl sites for hydroxylation is 1. The van der Waals surface area contributed by atoms with Crippen molar-refractivity contribution in [2.75, 3.05) is 18.5 Å². The van der Waals surface area contributed by atoms with E-state index >= 15 is 0 Å². The molecule has 2 heterocycles. The molecular weight excluding hydrogens is 472 g/mol. The minimum atomic E-state index is -0.113. The van der Waals surface area contributed by atoms with Crippen LogP contribution in [0.4, 0.5) is 5.95 Å². The number of carbonyl (C=O) groups excluding carboxylic acids is 1. The molecule has 0 saturated carbocycles. The first-order chi connectivity index (χ1) is 17.5. The fourth-order valence-corrected chi connectivity index (χ4v) is 4.52. The molecule has 0 aliphatic carbocycles. The lowest BCUT2D eigenvalue weighted by Crippen LogP contribution is -2.37. The summed E-state index contributed by atoms with van der Waals surface area (Å²) in [5.74, 6) is 1.68. The Morgan fingerprint density at radius 2 is 1.72 bits per heavy atom. The van der Waals surface area contributed by atoms with E-state index < -0.39 is 0 Å². The SMILES string of the molecule is Cc1ccccc1Oc1nc(N(C)Cc2ccccc2)nc2c1CN(C(=O)c1ccccc1Cl)CC2. The Labute approximate surface area is 216 Å². The van der Waals surface area contributed by atoms with Crippen LogP contribution in [-0.4, -0.2) is 34.4 Å². The van der Waals surface area contributed by atoms with Gasteiger partial charge in [-0.15, -0.1) is 0 Å². The normalized spacial score (nSPS) is 12.7. The number of benzene rings is 3. The molecule has 0 fully saturated rings. The molecule has 1 aliphatic rings. The van der Waals surface area contributed by atoms with E-state index in [2.05, 4.69) is 12.1 Å². The number of fused-ring (bicyclic) bond motifs is 1. The number of anilines is 1. The van der Waals surface area contributed by atoms with Crippen LogP contribution in [0, 0.1) is 6.92 Å². The van der Waals surface area contributed by atoms with E-state index in [4.69, 9.17) is 26.3 Å². The van der Waals surface area contributed by atoms with Crippen molar-refractivity contribution in [3.8, 4) is 11.6 Å². The number of hydrogen-bond donors (Lipinski definition) is 0. The first-order valence-corrected chi connectivity index (χ1v) is 12.3. The second kappa shape index (κ2) is 10.4. The zero-order valence-electron chi connectivity index (χ0n) is 20.3. The van der Waals surface area contributed by atoms with Crippen molar-refractivity contribution < 1.29 is 9.53 Å². The molecule has 3 aromatic carbocycles.